The third-order valence-electron chi connectivity index (χ3n) is 6.47. The molecule has 7 nitrogen and oxygen atoms in total. The normalized spacial score (nSPS) is 27.7. The molecule has 0 unspecified atom stereocenters. The molecule has 1 N–H and O–H groups in total. The van der Waals surface area contributed by atoms with Crippen LogP contribution in [-0.4, -0.2) is 44.1 Å². The van der Waals surface area contributed by atoms with Gasteiger partial charge in [-0.1, -0.05) is 18.0 Å². The molecule has 5 rings (SSSR count). The number of hydrogen-bond donors (Lipinski definition) is 1. The summed E-state index contributed by atoms with van der Waals surface area (Å²) in [5, 5.41) is 14.4. The minimum Gasteiger partial charge on any atom is -0.480 e. The van der Waals surface area contributed by atoms with Crippen molar-refractivity contribution in [2.75, 3.05) is 0 Å². The highest BCUT2D eigenvalue weighted by molar-refractivity contribution is 6.07. The Morgan fingerprint density at radius 1 is 1.22 bits per heavy atom. The largest absolute Gasteiger partial charge is 0.480 e. The minimum absolute atomic E-state index is 0.0140. The van der Waals surface area contributed by atoms with E-state index in [1.807, 2.05) is 6.07 Å². The van der Waals surface area contributed by atoms with Crippen molar-refractivity contribution in [3.8, 4) is 0 Å². The van der Waals surface area contributed by atoms with Crippen LogP contribution in [0, 0.1) is 12.8 Å². The maximum Gasteiger partial charge on any atom is 0.326 e. The van der Waals surface area contributed by atoms with Crippen LogP contribution >= 0.6 is 0 Å². The Balaban J connectivity index is 1.61. The summed E-state index contributed by atoms with van der Waals surface area (Å²) in [5.74, 6) is -0.472. The Morgan fingerprint density at radius 3 is 2.74 bits per heavy atom. The first-order valence-electron chi connectivity index (χ1n) is 9.87. The van der Waals surface area contributed by atoms with Crippen molar-refractivity contribution < 1.29 is 19.2 Å². The van der Waals surface area contributed by atoms with Crippen molar-refractivity contribution in [1.29, 1.82) is 0 Å². The maximum absolute atomic E-state index is 13.6. The zero-order chi connectivity index (χ0) is 18.7. The number of rotatable bonds is 3. The van der Waals surface area contributed by atoms with Gasteiger partial charge in [0, 0.05) is 17.7 Å². The number of carbonyl (C=O) groups is 2. The van der Waals surface area contributed by atoms with Crippen LogP contribution in [0.5, 0.6) is 0 Å². The van der Waals surface area contributed by atoms with Gasteiger partial charge in [-0.15, -0.1) is 0 Å². The summed E-state index contributed by atoms with van der Waals surface area (Å²) in [6.45, 7) is 1.79. The molecule has 7 heteroatoms. The second-order valence-electron chi connectivity index (χ2n) is 8.23. The van der Waals surface area contributed by atoms with E-state index in [2.05, 4.69) is 10.1 Å². The highest BCUT2D eigenvalue weighted by Gasteiger charge is 2.48. The molecule has 3 heterocycles. The van der Waals surface area contributed by atoms with Crippen molar-refractivity contribution in [1.82, 2.24) is 15.0 Å². The lowest BCUT2D eigenvalue weighted by Crippen LogP contribution is -2.46. The van der Waals surface area contributed by atoms with E-state index in [4.69, 9.17) is 4.52 Å². The molecular weight excluding hydrogens is 346 g/mol. The Hall–Kier alpha value is -2.44. The average molecular weight is 369 g/mol. The van der Waals surface area contributed by atoms with E-state index in [-0.39, 0.29) is 17.9 Å². The molecule has 142 valence electrons. The summed E-state index contributed by atoms with van der Waals surface area (Å²) < 4.78 is 5.35. The quantitative estimate of drug-likeness (QED) is 0.892. The lowest BCUT2D eigenvalue weighted by Gasteiger charge is -2.33. The molecule has 0 radical (unpaired) electrons. The van der Waals surface area contributed by atoms with Gasteiger partial charge in [-0.2, -0.15) is 0 Å². The second kappa shape index (κ2) is 6.04. The molecule has 2 aromatic heterocycles. The number of hydrogen-bond acceptors (Lipinski definition) is 5. The molecule has 1 saturated heterocycles. The number of aliphatic carboxylic acids is 1. The summed E-state index contributed by atoms with van der Waals surface area (Å²) in [5.41, 5.74) is 2.35. The predicted molar refractivity (Wildman–Crippen MR) is 96.5 cm³/mol. The average Bonchev–Trinajstić information content (AvgIpc) is 3.34. The molecular formula is C20H23N3O4. The number of aromatic nitrogens is 2. The van der Waals surface area contributed by atoms with Gasteiger partial charge in [-0.05, 0) is 51.0 Å². The predicted octanol–water partition coefficient (Wildman–Crippen LogP) is 3.27. The Labute approximate surface area is 156 Å². The Kier molecular flexibility index (Phi) is 3.74. The molecule has 3 aliphatic rings. The first kappa shape index (κ1) is 16.7. The smallest absolute Gasteiger partial charge is 0.326 e. The van der Waals surface area contributed by atoms with Gasteiger partial charge in [0.15, 0.2) is 0 Å². The van der Waals surface area contributed by atoms with Crippen molar-refractivity contribution >= 4 is 23.0 Å². The molecule has 2 aliphatic carbocycles. The van der Waals surface area contributed by atoms with E-state index in [1.165, 1.54) is 0 Å². The summed E-state index contributed by atoms with van der Waals surface area (Å²) in [7, 11) is 0. The van der Waals surface area contributed by atoms with Crippen LogP contribution in [0.4, 0.5) is 0 Å². The van der Waals surface area contributed by atoms with Crippen LogP contribution in [0.25, 0.3) is 11.1 Å². The van der Waals surface area contributed by atoms with Gasteiger partial charge in [-0.25, -0.2) is 9.78 Å². The molecule has 0 spiro atoms. The summed E-state index contributed by atoms with van der Waals surface area (Å²) in [4.78, 5) is 31.8. The lowest BCUT2D eigenvalue weighted by atomic mass is 9.84. The van der Waals surface area contributed by atoms with E-state index in [0.717, 1.165) is 44.2 Å². The van der Waals surface area contributed by atoms with Gasteiger partial charge < -0.3 is 14.5 Å². The topological polar surface area (TPSA) is 96.5 Å². The van der Waals surface area contributed by atoms with Crippen LogP contribution in [0.3, 0.4) is 0 Å². The number of carboxylic acid groups (broad SMARTS) is 1. The van der Waals surface area contributed by atoms with Crippen molar-refractivity contribution in [3.63, 3.8) is 0 Å². The molecule has 2 aromatic rings. The fourth-order valence-electron chi connectivity index (χ4n) is 4.98. The van der Waals surface area contributed by atoms with Gasteiger partial charge in [0.2, 0.25) is 0 Å². The molecule has 0 aromatic carbocycles. The number of amides is 1. The van der Waals surface area contributed by atoms with Crippen molar-refractivity contribution in [2.45, 2.75) is 69.9 Å². The van der Waals surface area contributed by atoms with Crippen LogP contribution < -0.4 is 0 Å². The van der Waals surface area contributed by atoms with Crippen molar-refractivity contribution in [2.24, 2.45) is 5.92 Å². The molecule has 0 bridgehead atoms. The number of carbonyl (C=O) groups excluding carboxylic acids is 1. The van der Waals surface area contributed by atoms with Crippen LogP contribution in [0.1, 0.15) is 72.6 Å². The summed E-state index contributed by atoms with van der Waals surface area (Å²) in [6, 6.07) is 1.11. The maximum atomic E-state index is 13.6. The van der Waals surface area contributed by atoms with Gasteiger partial charge in [-0.3, -0.25) is 4.79 Å². The molecule has 3 fully saturated rings. The zero-order valence-electron chi connectivity index (χ0n) is 15.4. The third-order valence-corrected chi connectivity index (χ3v) is 6.47. The second-order valence-corrected chi connectivity index (χ2v) is 8.23. The highest BCUT2D eigenvalue weighted by Crippen LogP contribution is 2.43. The molecule has 27 heavy (non-hydrogen) atoms. The van der Waals surface area contributed by atoms with Gasteiger partial charge in [0.05, 0.1) is 16.6 Å². The number of fused-ring (bicyclic) bond motifs is 2. The van der Waals surface area contributed by atoms with Crippen LogP contribution in [0.2, 0.25) is 0 Å². The number of nitrogens with zero attached hydrogens (tertiary/aromatic N) is 3. The summed E-state index contributed by atoms with van der Waals surface area (Å²) >= 11 is 0. The SMILES string of the molecule is Cc1noc2nc(C3CC3)cc(C(=O)N3[C@H](C(=O)O)C[C@H]4CCCC[C@@H]43)c12. The number of aryl methyl sites for hydroxylation is 1. The monoisotopic (exact) mass is 369 g/mol. The zero-order valence-corrected chi connectivity index (χ0v) is 15.4. The van der Waals surface area contributed by atoms with Crippen LogP contribution in [-0.2, 0) is 4.79 Å². The first-order valence-corrected chi connectivity index (χ1v) is 9.87. The molecule has 3 atom stereocenters. The minimum atomic E-state index is -0.910. The summed E-state index contributed by atoms with van der Waals surface area (Å²) in [6.07, 6.45) is 6.72. The van der Waals surface area contributed by atoms with E-state index in [1.54, 1.807) is 11.8 Å². The van der Waals surface area contributed by atoms with Gasteiger partial charge in [0.1, 0.15) is 6.04 Å². The number of pyridine rings is 1. The van der Waals surface area contributed by atoms with Crippen LogP contribution in [0.15, 0.2) is 10.6 Å². The number of carboxylic acids is 1. The lowest BCUT2D eigenvalue weighted by molar-refractivity contribution is -0.141. The Bertz CT molecular complexity index is 933. The standard InChI is InChI=1S/C20H23N3O4/c1-10-17-13(9-14(11-6-7-11)21-18(17)27-22-10)19(24)23-15-5-3-2-4-12(15)8-16(23)20(25)26/h9,11-12,15-16H,2-8H2,1H3,(H,25,26)/t12-,15+,16+/m1/s1. The van der Waals surface area contributed by atoms with Crippen molar-refractivity contribution in [3.05, 3.63) is 23.0 Å². The first-order chi connectivity index (χ1) is 13.0. The fraction of sp³-hybridized carbons (Fsp3) is 0.600. The Morgan fingerprint density at radius 2 is 2.00 bits per heavy atom. The fourth-order valence-corrected chi connectivity index (χ4v) is 4.98. The number of likely N-dealkylation sites (tertiary alicyclic amines) is 1. The van der Waals surface area contributed by atoms with E-state index < -0.39 is 12.0 Å². The van der Waals surface area contributed by atoms with E-state index in [9.17, 15) is 14.7 Å². The third kappa shape index (κ3) is 2.63. The molecule has 1 aliphatic heterocycles. The molecule has 2 saturated carbocycles. The van der Waals surface area contributed by atoms with E-state index in [0.29, 0.717) is 34.7 Å². The van der Waals surface area contributed by atoms with E-state index >= 15 is 0 Å². The highest BCUT2D eigenvalue weighted by atomic mass is 16.5. The van der Waals surface area contributed by atoms with Gasteiger partial charge in [0.25, 0.3) is 11.6 Å². The van der Waals surface area contributed by atoms with Gasteiger partial charge >= 0.3 is 5.97 Å². The molecule has 1 amide bonds.